The minimum Gasteiger partial charge on any atom is -0.598 e. The molecule has 46 heavy (non-hydrogen) atoms. The first-order valence-corrected chi connectivity index (χ1v) is 17.0. The number of piperidine rings is 1. The van der Waals surface area contributed by atoms with Gasteiger partial charge in [-0.3, -0.25) is 10.00 Å². The molecule has 3 aliphatic rings. The van der Waals surface area contributed by atoms with Crippen LogP contribution in [0.5, 0.6) is 0 Å². The van der Waals surface area contributed by atoms with E-state index in [2.05, 4.69) is 25.0 Å². The highest BCUT2D eigenvalue weighted by atomic mass is 35.5. The van der Waals surface area contributed by atoms with E-state index in [-0.39, 0.29) is 33.3 Å². The zero-order valence-electron chi connectivity index (χ0n) is 25.9. The van der Waals surface area contributed by atoms with E-state index >= 15 is 0 Å². The molecule has 3 aliphatic heterocycles. The number of anilines is 2. The van der Waals surface area contributed by atoms with Crippen molar-refractivity contribution in [2.75, 3.05) is 29.9 Å². The molecule has 0 radical (unpaired) electrons. The number of hydrogen-bond acceptors (Lipinski definition) is 10. The van der Waals surface area contributed by atoms with E-state index in [4.69, 9.17) is 31.4 Å². The Labute approximate surface area is 274 Å². The van der Waals surface area contributed by atoms with Crippen LogP contribution in [0, 0.1) is 5.41 Å². The van der Waals surface area contributed by atoms with Crippen molar-refractivity contribution in [2.45, 2.75) is 76.4 Å². The number of fused-ring (bicyclic) bond motifs is 2. The quantitative estimate of drug-likeness (QED) is 0.238. The lowest BCUT2D eigenvalue weighted by Gasteiger charge is -2.43. The normalized spacial score (nSPS) is 21.9. The number of pyridine rings is 1. The summed E-state index contributed by atoms with van der Waals surface area (Å²) in [6, 6.07) is 3.65. The predicted octanol–water partition coefficient (Wildman–Crippen LogP) is 4.92. The summed E-state index contributed by atoms with van der Waals surface area (Å²) in [6.45, 7) is 8.82. The lowest BCUT2D eigenvalue weighted by Crippen LogP contribution is -2.50. The van der Waals surface area contributed by atoms with Crippen molar-refractivity contribution in [3.05, 3.63) is 41.4 Å². The fourth-order valence-corrected chi connectivity index (χ4v) is 7.87. The first kappa shape index (κ1) is 31.1. The van der Waals surface area contributed by atoms with Crippen molar-refractivity contribution in [1.82, 2.24) is 39.2 Å². The van der Waals surface area contributed by atoms with E-state index in [0.29, 0.717) is 29.0 Å². The van der Waals surface area contributed by atoms with Crippen LogP contribution in [0.4, 0.5) is 16.4 Å². The average molecular weight is 669 g/mol. The van der Waals surface area contributed by atoms with Crippen LogP contribution in [0.3, 0.4) is 0 Å². The molecule has 0 saturated carbocycles. The first-order chi connectivity index (χ1) is 22.0. The van der Waals surface area contributed by atoms with Gasteiger partial charge in [-0.2, -0.15) is 10.2 Å². The van der Waals surface area contributed by atoms with Crippen molar-refractivity contribution in [2.24, 2.45) is 5.41 Å². The Morgan fingerprint density at radius 2 is 2.00 bits per heavy atom. The van der Waals surface area contributed by atoms with Gasteiger partial charge in [0.25, 0.3) is 0 Å². The van der Waals surface area contributed by atoms with E-state index in [1.165, 1.54) is 6.20 Å². The summed E-state index contributed by atoms with van der Waals surface area (Å²) in [5.41, 5.74) is 3.03. The van der Waals surface area contributed by atoms with Crippen LogP contribution in [0.25, 0.3) is 22.4 Å². The molecule has 7 heterocycles. The number of carbonyl (C=O) groups is 1. The van der Waals surface area contributed by atoms with Gasteiger partial charge in [-0.1, -0.05) is 11.6 Å². The molecule has 16 heteroatoms. The molecule has 4 aromatic heterocycles. The minimum absolute atomic E-state index is 0.0167. The molecule has 2 fully saturated rings. The lowest BCUT2D eigenvalue weighted by atomic mass is 9.73. The third-order valence-corrected chi connectivity index (χ3v) is 11.1. The van der Waals surface area contributed by atoms with Gasteiger partial charge in [0.2, 0.25) is 0 Å². The van der Waals surface area contributed by atoms with E-state index in [9.17, 15) is 14.5 Å². The van der Waals surface area contributed by atoms with E-state index in [1.807, 2.05) is 37.7 Å². The second-order valence-electron chi connectivity index (χ2n) is 13.2. The Kier molecular flexibility index (Phi) is 8.08. The van der Waals surface area contributed by atoms with Crippen molar-refractivity contribution in [3.63, 3.8) is 0 Å². The smallest absolute Gasteiger partial charge is 0.410 e. The number of nitrogens with zero attached hydrogens (tertiary/aromatic N) is 8. The average Bonchev–Trinajstić information content (AvgIpc) is 3.71. The summed E-state index contributed by atoms with van der Waals surface area (Å²) >= 11 is 5.41. The van der Waals surface area contributed by atoms with Gasteiger partial charge in [0.05, 0.1) is 16.9 Å². The predicted molar refractivity (Wildman–Crippen MR) is 174 cm³/mol. The molecular weight excluding hydrogens is 632 g/mol. The van der Waals surface area contributed by atoms with E-state index in [1.54, 1.807) is 16.9 Å². The Bertz CT molecular complexity index is 1760. The zero-order chi connectivity index (χ0) is 32.2. The molecule has 244 valence electrons. The molecule has 3 atom stereocenters. The number of nitrogens with one attached hydrogen (secondary N) is 2. The minimum atomic E-state index is -1.27. The molecule has 0 aliphatic carbocycles. The van der Waals surface area contributed by atoms with Crippen molar-refractivity contribution in [3.8, 4) is 11.3 Å². The van der Waals surface area contributed by atoms with Crippen LogP contribution < -0.4 is 14.9 Å². The van der Waals surface area contributed by atoms with Crippen LogP contribution in [-0.4, -0.2) is 74.7 Å². The van der Waals surface area contributed by atoms with Gasteiger partial charge < -0.3 is 19.3 Å². The maximum absolute atomic E-state index is 13.2. The standard InChI is InChI=1S/C30H37ClN10O4S/c1-29(2,3)46(44)38-25-19-8-12-34-40(19)17-30(25)9-13-39(14-10-30)20-16-33-24-23(18-7-11-32-26(22(18)31)36-28(42)43)37-41(27(24)35-20)21-6-4-5-15-45-21/h7-8,11-12,16,21,25,38H,4-6,9-10,13-15,17H2,1-3H3,(H,32,36)(H,42,43)/t21-,25-,46?/m1/s1. The van der Waals surface area contributed by atoms with Gasteiger partial charge >= 0.3 is 6.09 Å². The highest BCUT2D eigenvalue weighted by Crippen LogP contribution is 2.50. The topological polar surface area (TPSA) is 171 Å². The maximum Gasteiger partial charge on any atom is 0.410 e. The Morgan fingerprint density at radius 3 is 2.72 bits per heavy atom. The number of ether oxygens (including phenoxy) is 1. The van der Waals surface area contributed by atoms with E-state index in [0.717, 1.165) is 63.3 Å². The summed E-state index contributed by atoms with van der Waals surface area (Å²) < 4.78 is 26.2. The number of hydrogen-bond donors (Lipinski definition) is 3. The Balaban J connectivity index is 1.20. The summed E-state index contributed by atoms with van der Waals surface area (Å²) in [5.74, 6) is 0.751. The zero-order valence-corrected chi connectivity index (χ0v) is 27.5. The molecule has 1 unspecified atom stereocenters. The number of rotatable bonds is 6. The summed E-state index contributed by atoms with van der Waals surface area (Å²) in [4.78, 5) is 27.6. The molecule has 14 nitrogen and oxygen atoms in total. The lowest BCUT2D eigenvalue weighted by molar-refractivity contribution is -0.0368. The summed E-state index contributed by atoms with van der Waals surface area (Å²) in [5, 5.41) is 21.1. The molecule has 3 N–H and O–H groups in total. The SMILES string of the molecule is CC(C)(C)[S+]([O-])N[C@@H]1c2ccnn2CC12CCN(c1cnc3c(-c4ccnc(NC(=O)O)c4Cl)nn([C@H]4CCCCO4)c3n1)CC2. The number of carboxylic acid groups (broad SMARTS) is 1. The van der Waals surface area contributed by atoms with Crippen molar-refractivity contribution in [1.29, 1.82) is 0 Å². The number of aromatic nitrogens is 7. The molecule has 0 aromatic carbocycles. The molecule has 7 rings (SSSR count). The van der Waals surface area contributed by atoms with Crippen LogP contribution in [-0.2, 0) is 22.6 Å². The van der Waals surface area contributed by atoms with Crippen LogP contribution >= 0.6 is 11.6 Å². The van der Waals surface area contributed by atoms with Crippen molar-refractivity contribution >= 4 is 51.9 Å². The van der Waals surface area contributed by atoms with Gasteiger partial charge in [0.15, 0.2) is 17.7 Å². The van der Waals surface area contributed by atoms with Crippen molar-refractivity contribution < 1.29 is 19.2 Å². The van der Waals surface area contributed by atoms with Gasteiger partial charge in [-0.05, 0) is 65.0 Å². The van der Waals surface area contributed by atoms with Gasteiger partial charge in [0.1, 0.15) is 27.8 Å². The fourth-order valence-electron chi connectivity index (χ4n) is 6.69. The van der Waals surface area contributed by atoms with E-state index < -0.39 is 17.5 Å². The highest BCUT2D eigenvalue weighted by molar-refractivity contribution is 7.90. The second-order valence-corrected chi connectivity index (χ2v) is 15.5. The molecule has 2 saturated heterocycles. The summed E-state index contributed by atoms with van der Waals surface area (Å²) in [7, 11) is 0. The third-order valence-electron chi connectivity index (χ3n) is 9.18. The third kappa shape index (κ3) is 5.57. The number of amides is 1. The highest BCUT2D eigenvalue weighted by Gasteiger charge is 2.51. The number of halogens is 1. The Morgan fingerprint density at radius 1 is 1.20 bits per heavy atom. The fraction of sp³-hybridized carbons (Fsp3) is 0.533. The molecular formula is C30H37ClN10O4S. The second kappa shape index (κ2) is 11.9. The van der Waals surface area contributed by atoms with Gasteiger partial charge in [0, 0.05) is 61.0 Å². The van der Waals surface area contributed by atoms with Gasteiger partial charge in [-0.25, -0.2) is 24.4 Å². The molecule has 1 spiro atoms. The summed E-state index contributed by atoms with van der Waals surface area (Å²) in [6.07, 6.45) is 7.95. The first-order valence-electron chi connectivity index (χ1n) is 15.5. The van der Waals surface area contributed by atoms with Gasteiger partial charge in [-0.15, -0.1) is 4.72 Å². The maximum atomic E-state index is 13.2. The molecule has 1 amide bonds. The largest absolute Gasteiger partial charge is 0.598 e. The van der Waals surface area contributed by atoms with Crippen LogP contribution in [0.1, 0.15) is 70.8 Å². The van der Waals surface area contributed by atoms with Crippen LogP contribution in [0.15, 0.2) is 30.7 Å². The molecule has 4 aromatic rings. The molecule has 0 bridgehead atoms. The van der Waals surface area contributed by atoms with Crippen LogP contribution in [0.2, 0.25) is 5.02 Å². The monoisotopic (exact) mass is 668 g/mol. The Hall–Kier alpha value is -3.50.